The third-order valence-electron chi connectivity index (χ3n) is 1.92. The fourth-order valence-electron chi connectivity index (χ4n) is 1.21. The molecular weight excluding hydrogens is 367 g/mol. The Balaban J connectivity index is -0.000000292. The molecule has 0 aliphatic rings. The number of aryl methyl sites for hydroxylation is 1. The number of hydrogen-bond acceptors (Lipinski definition) is 8. The number of hydrogen-bond donors (Lipinski definition) is 2. The van der Waals surface area contributed by atoms with Gasteiger partial charge >= 0.3 is 26.4 Å². The molecule has 0 bridgehead atoms. The Morgan fingerprint density at radius 3 is 1.29 bits per heavy atom. The first-order chi connectivity index (χ1) is 10.6. The predicted octanol–water partition coefficient (Wildman–Crippen LogP) is -2.37. The van der Waals surface area contributed by atoms with Gasteiger partial charge in [-0.05, 0) is 27.7 Å². The van der Waals surface area contributed by atoms with Crippen LogP contribution in [0.5, 0.6) is 0 Å². The molecule has 11 heteroatoms. The quantitative estimate of drug-likeness (QED) is 0.513. The zero-order valence-corrected chi connectivity index (χ0v) is 17.6. The molecule has 0 spiro atoms. The minimum Gasteiger partial charge on any atom is -0.861 e. The van der Waals surface area contributed by atoms with E-state index in [1.54, 1.807) is 20.8 Å². The van der Waals surface area contributed by atoms with E-state index in [4.69, 9.17) is 32.5 Å². The van der Waals surface area contributed by atoms with Gasteiger partial charge in [0.2, 0.25) is 0 Å². The third-order valence-corrected chi connectivity index (χ3v) is 3.88. The van der Waals surface area contributed by atoms with Crippen LogP contribution in [-0.2, 0) is 13.3 Å². The van der Waals surface area contributed by atoms with Crippen molar-refractivity contribution in [2.45, 2.75) is 27.7 Å². The van der Waals surface area contributed by atoms with Crippen LogP contribution in [0.25, 0.3) is 0 Å². The van der Waals surface area contributed by atoms with E-state index in [1.807, 2.05) is 18.2 Å². The van der Waals surface area contributed by atoms with E-state index in [9.17, 15) is 4.80 Å². The van der Waals surface area contributed by atoms with Crippen LogP contribution >= 0.6 is 0 Å². The Morgan fingerprint density at radius 1 is 0.833 bits per heavy atom. The zero-order valence-electron chi connectivity index (χ0n) is 14.4. The van der Waals surface area contributed by atoms with Gasteiger partial charge in [-0.25, -0.2) is 0 Å². The normalized spacial score (nSPS) is 10.5. The average Bonchev–Trinajstić information content (AvgIpc) is 2.39. The van der Waals surface area contributed by atoms with E-state index in [0.29, 0.717) is 19.8 Å². The summed E-state index contributed by atoms with van der Waals surface area (Å²) >= 11 is 0. The molecule has 2 N–H and O–H groups in total. The molecule has 0 amide bonds. The third kappa shape index (κ3) is 24.1. The maximum absolute atomic E-state index is 9.48. The molecule has 24 heavy (non-hydrogen) atoms. The topological polar surface area (TPSA) is 137 Å². The Labute approximate surface area is 156 Å². The summed E-state index contributed by atoms with van der Waals surface area (Å²) in [6.45, 7) is 8.66. The molecule has 0 aromatic heterocycles. The molecule has 0 saturated heterocycles. The predicted molar refractivity (Wildman–Crippen MR) is 87.8 cm³/mol. The second-order valence-corrected chi connectivity index (χ2v) is 6.96. The van der Waals surface area contributed by atoms with Crippen LogP contribution < -0.4 is 14.4 Å². The van der Waals surface area contributed by atoms with E-state index < -0.39 is 18.1 Å². The molecule has 0 heterocycles. The van der Waals surface area contributed by atoms with E-state index >= 15 is 0 Å². The average molecular weight is 392 g/mol. The van der Waals surface area contributed by atoms with Gasteiger partial charge in [0.1, 0.15) is 0 Å². The van der Waals surface area contributed by atoms with Crippen molar-refractivity contribution in [3.05, 3.63) is 35.9 Å². The SMILES string of the molecule is CCO[Si](O)(OCC)OCC.Cc1ccccc1.[Al+3].[O-][Si]([O-])([O-])O. The summed E-state index contributed by atoms with van der Waals surface area (Å²) in [6, 6.07) is 10.3. The van der Waals surface area contributed by atoms with Crippen molar-refractivity contribution in [2.24, 2.45) is 0 Å². The Morgan fingerprint density at radius 2 is 1.12 bits per heavy atom. The zero-order chi connectivity index (χ0) is 18.4. The summed E-state index contributed by atoms with van der Waals surface area (Å²) < 4.78 is 14.9. The van der Waals surface area contributed by atoms with Crippen molar-refractivity contribution in [3.8, 4) is 0 Å². The molecule has 0 aliphatic heterocycles. The molecule has 0 saturated carbocycles. The first kappa shape index (κ1) is 28.7. The maximum atomic E-state index is 9.48. The first-order valence-electron chi connectivity index (χ1n) is 7.07. The van der Waals surface area contributed by atoms with Crippen molar-refractivity contribution in [2.75, 3.05) is 19.8 Å². The molecule has 0 unspecified atom stereocenters. The first-order valence-corrected chi connectivity index (χ1v) is 10.4. The van der Waals surface area contributed by atoms with Crippen LogP contribution in [0.15, 0.2) is 30.3 Å². The fraction of sp³-hybridized carbons (Fsp3) is 0.538. The van der Waals surface area contributed by atoms with Gasteiger partial charge in [0, 0.05) is 19.8 Å². The smallest absolute Gasteiger partial charge is 0.861 e. The van der Waals surface area contributed by atoms with Gasteiger partial charge in [-0.15, -0.1) is 9.05 Å². The van der Waals surface area contributed by atoms with E-state index in [0.717, 1.165) is 0 Å². The summed E-state index contributed by atoms with van der Waals surface area (Å²) in [6.07, 6.45) is 0. The molecule has 0 aliphatic carbocycles. The van der Waals surface area contributed by atoms with Gasteiger partial charge in [0.15, 0.2) is 0 Å². The van der Waals surface area contributed by atoms with Crippen molar-refractivity contribution >= 4 is 35.5 Å². The van der Waals surface area contributed by atoms with E-state index in [1.165, 1.54) is 5.56 Å². The molecule has 1 aromatic carbocycles. The molecule has 1 aromatic rings. The fourth-order valence-corrected chi connectivity index (χ4v) is 2.55. The summed E-state index contributed by atoms with van der Waals surface area (Å²) in [5, 5.41) is 0. The van der Waals surface area contributed by atoms with Gasteiger partial charge in [-0.2, -0.15) is 0 Å². The van der Waals surface area contributed by atoms with Gasteiger partial charge in [0.25, 0.3) is 0 Å². The monoisotopic (exact) mass is 392 g/mol. The Hall–Kier alpha value is -0.134. The minimum atomic E-state index is -5.36. The standard InChI is InChI=1S/C7H8.C6H16O4Si.Al.HO4Si/c1-7-5-3-2-4-6-7;1-4-8-11(7,9-5-2)10-6-3;;1-5(2,3)4/h2-6H,1H3;7H,4-6H2,1-3H3;;1H/q;;+3;-3. The van der Waals surface area contributed by atoms with Crippen LogP contribution in [0.1, 0.15) is 26.3 Å². The van der Waals surface area contributed by atoms with Crippen LogP contribution in [0, 0.1) is 6.92 Å². The molecular formula is C13H25AlO8Si2. The molecule has 0 radical (unpaired) electrons. The van der Waals surface area contributed by atoms with Crippen LogP contribution in [0.2, 0.25) is 0 Å². The second kappa shape index (κ2) is 16.3. The largest absolute Gasteiger partial charge is 3.00 e. The van der Waals surface area contributed by atoms with Crippen molar-refractivity contribution in [3.63, 3.8) is 0 Å². The molecule has 136 valence electrons. The van der Waals surface area contributed by atoms with Crippen molar-refractivity contribution < 1.29 is 37.3 Å². The Bertz CT molecular complexity index is 355. The molecule has 8 nitrogen and oxygen atoms in total. The second-order valence-electron chi connectivity index (χ2n) is 4.00. The van der Waals surface area contributed by atoms with Crippen LogP contribution in [-0.4, -0.2) is 64.9 Å². The summed E-state index contributed by atoms with van der Waals surface area (Å²) in [7, 11) is -8.61. The van der Waals surface area contributed by atoms with Crippen molar-refractivity contribution in [1.29, 1.82) is 0 Å². The van der Waals surface area contributed by atoms with Crippen LogP contribution in [0.4, 0.5) is 0 Å². The maximum Gasteiger partial charge on any atom is 3.00 e. The minimum absolute atomic E-state index is 0. The number of rotatable bonds is 6. The van der Waals surface area contributed by atoms with E-state index in [2.05, 4.69) is 19.1 Å². The van der Waals surface area contributed by atoms with Gasteiger partial charge < -0.3 is 37.3 Å². The van der Waals surface area contributed by atoms with Gasteiger partial charge in [-0.3, -0.25) is 0 Å². The molecule has 1 rings (SSSR count). The van der Waals surface area contributed by atoms with Crippen LogP contribution in [0.3, 0.4) is 0 Å². The molecule has 0 fully saturated rings. The molecule has 0 atom stereocenters. The van der Waals surface area contributed by atoms with Gasteiger partial charge in [0.05, 0.1) is 0 Å². The summed E-state index contributed by atoms with van der Waals surface area (Å²) in [5.74, 6) is 0. The van der Waals surface area contributed by atoms with E-state index in [-0.39, 0.29) is 17.4 Å². The summed E-state index contributed by atoms with van der Waals surface area (Å²) in [5.41, 5.74) is 1.32. The van der Waals surface area contributed by atoms with Gasteiger partial charge in [-0.1, -0.05) is 35.9 Å². The number of benzene rings is 1. The summed E-state index contributed by atoms with van der Waals surface area (Å²) in [4.78, 5) is 42.5. The Kier molecular flexibility index (Phi) is 19.5. The van der Waals surface area contributed by atoms with Crippen molar-refractivity contribution in [1.82, 2.24) is 0 Å².